The van der Waals surface area contributed by atoms with E-state index < -0.39 is 109 Å². The Kier molecular flexibility index (Phi) is 0.712. The zero-order valence-corrected chi connectivity index (χ0v) is 10.4. The number of methoxy groups -OCH3 is 1. The number of rotatable bonds is 1. The highest BCUT2D eigenvalue weighted by Gasteiger charge is 2.53. The van der Waals surface area contributed by atoms with E-state index in [-0.39, 0.29) is 0 Å². The number of ether oxygens (including phenoxy) is 1. The van der Waals surface area contributed by atoms with E-state index in [0.29, 0.717) is 0 Å². The summed E-state index contributed by atoms with van der Waals surface area (Å²) < 4.78 is 196. The molecule has 1 aromatic rings. The Morgan fingerprint density at radius 1 is 1.50 bits per heavy atom. The maximum absolute atomic E-state index is 9.57. The molecule has 20 heavy (non-hydrogen) atoms. The van der Waals surface area contributed by atoms with Crippen LogP contribution in [0.1, 0.15) is 73.1 Å². The summed E-state index contributed by atoms with van der Waals surface area (Å²) in [5.41, 5.74) is -7.30. The Balaban J connectivity index is 2.61. The highest BCUT2D eigenvalue weighted by Crippen LogP contribution is 2.55. The molecule has 3 aliphatic rings. The molecule has 1 aliphatic heterocycles. The normalized spacial score (nSPS) is 77.8. The molecule has 2 aliphatic carbocycles. The SMILES string of the molecule is [2H]c1c([2H])c2c(c([2H])c1OC)[C@@]13C([2H])([2H])C([2H])([2H])N(C([2H])([2H])[2H])[C@@]([2H])(C2([2H])[2H])[C@@]1([2H])C([2H])([2H])C([2H])([2H])C([2H])([2H])C3([2H])[2H]. The first kappa shape index (κ1) is 3.17. The minimum absolute atomic E-state index is 0.803. The molecule has 1 saturated carbocycles. The van der Waals surface area contributed by atoms with Gasteiger partial charge in [0.05, 0.1) is 11.2 Å². The van der Waals surface area contributed by atoms with Gasteiger partial charge in [0.15, 0.2) is 0 Å². The number of hydrogen-bond donors (Lipinski definition) is 0. The Morgan fingerprint density at radius 2 is 2.45 bits per heavy atom. The average Bonchev–Trinajstić information content (AvgIpc) is 2.78. The molecular weight excluding hydrogens is 246 g/mol. The van der Waals surface area contributed by atoms with Gasteiger partial charge in [-0.15, -0.1) is 0 Å². The van der Waals surface area contributed by atoms with Gasteiger partial charge in [-0.3, -0.25) is 0 Å². The molecule has 2 nitrogen and oxygen atoms in total. The summed E-state index contributed by atoms with van der Waals surface area (Å²) in [6.07, 6.45) is -25.8. The van der Waals surface area contributed by atoms with Gasteiger partial charge in [0, 0.05) is 37.5 Å². The molecule has 108 valence electrons. The molecule has 2 heteroatoms. The standard InChI is InChI=1S/C18H25NO/c1-19-10-9-18-8-4-3-5-15(18)17(19)11-13-6-7-14(20-2)12-16(13)18/h6-7,12,15,17H,3-5,8-11H2,1-2H3/t15-,17+,18+/m1/s1/i1D3,3D2,4D2,5D2,6D,7D,8D2,9D2,10D2,11D2,12D,15D,17D. The first-order valence-corrected chi connectivity index (χ1v) is 5.78. The number of benzene rings is 1. The van der Waals surface area contributed by atoms with E-state index in [2.05, 4.69) is 0 Å². The highest BCUT2D eigenvalue weighted by molar-refractivity contribution is 5.45. The van der Waals surface area contributed by atoms with Gasteiger partial charge in [0.25, 0.3) is 0 Å². The molecule has 1 aromatic carbocycles. The predicted octanol–water partition coefficient (Wildman–Crippen LogP) is 3.38. The lowest BCUT2D eigenvalue weighted by molar-refractivity contribution is 0.00274. The quantitative estimate of drug-likeness (QED) is 0.787. The Labute approximate surface area is 153 Å². The largest absolute Gasteiger partial charge is 0.497 e. The minimum Gasteiger partial charge on any atom is -0.497 e. The zero-order chi connectivity index (χ0) is 33.2. The van der Waals surface area contributed by atoms with Crippen LogP contribution in [0.4, 0.5) is 0 Å². The van der Waals surface area contributed by atoms with E-state index in [1.165, 1.54) is 0 Å². The van der Waals surface area contributed by atoms with Crippen LogP contribution in [0.15, 0.2) is 18.1 Å². The van der Waals surface area contributed by atoms with Crippen molar-refractivity contribution in [3.8, 4) is 5.75 Å². The first-order valence-electron chi connectivity index (χ1n) is 16.8. The van der Waals surface area contributed by atoms with Crippen LogP contribution < -0.4 is 4.74 Å². The Hall–Kier alpha value is -1.02. The van der Waals surface area contributed by atoms with E-state index in [0.717, 1.165) is 7.11 Å². The fraction of sp³-hybridized carbons (Fsp3) is 0.667. The summed E-state index contributed by atoms with van der Waals surface area (Å²) >= 11 is 0. The van der Waals surface area contributed by atoms with Gasteiger partial charge in [-0.2, -0.15) is 0 Å². The van der Waals surface area contributed by atoms with E-state index in [1.54, 1.807) is 0 Å². The van der Waals surface area contributed by atoms with Crippen LogP contribution in [0.2, 0.25) is 0 Å². The van der Waals surface area contributed by atoms with Crippen LogP contribution in [-0.4, -0.2) is 31.5 Å². The van der Waals surface area contributed by atoms with Crippen LogP contribution >= 0.6 is 0 Å². The smallest absolute Gasteiger partial charge is 0.119 e. The van der Waals surface area contributed by atoms with Crippen molar-refractivity contribution >= 4 is 0 Å². The molecule has 3 atom stereocenters. The fourth-order valence-corrected chi connectivity index (χ4v) is 2.37. The lowest BCUT2D eigenvalue weighted by atomic mass is 9.52. The van der Waals surface area contributed by atoms with Crippen molar-refractivity contribution in [2.24, 2.45) is 5.89 Å². The second-order valence-corrected chi connectivity index (χ2v) is 4.33. The van der Waals surface area contributed by atoms with E-state index in [1.807, 2.05) is 0 Å². The van der Waals surface area contributed by atoms with Gasteiger partial charge in [0.1, 0.15) is 5.75 Å². The highest BCUT2D eigenvalue weighted by atomic mass is 16.5. The summed E-state index contributed by atoms with van der Waals surface area (Å²) in [5, 5.41) is 0. The van der Waals surface area contributed by atoms with E-state index in [4.69, 9.17) is 32.2 Å². The van der Waals surface area contributed by atoms with Gasteiger partial charge < -0.3 is 9.64 Å². The van der Waals surface area contributed by atoms with Gasteiger partial charge in [0.2, 0.25) is 0 Å². The maximum Gasteiger partial charge on any atom is 0.119 e. The lowest BCUT2D eigenvalue weighted by Gasteiger charge is -2.58. The summed E-state index contributed by atoms with van der Waals surface area (Å²) in [5.74, 6) is -5.48. The third-order valence-corrected chi connectivity index (χ3v) is 3.30. The minimum atomic E-state index is -4.50. The third-order valence-electron chi connectivity index (χ3n) is 3.30. The van der Waals surface area contributed by atoms with Gasteiger partial charge in [-0.05, 0) is 68.1 Å². The van der Waals surface area contributed by atoms with Gasteiger partial charge in [-0.25, -0.2) is 0 Å². The molecule has 0 N–H and O–H groups in total. The topological polar surface area (TPSA) is 12.5 Å². The number of hydrogen-bond acceptors (Lipinski definition) is 2. The van der Waals surface area contributed by atoms with Crippen molar-refractivity contribution in [3.63, 3.8) is 0 Å². The van der Waals surface area contributed by atoms with Crippen molar-refractivity contribution in [3.05, 3.63) is 29.3 Å². The van der Waals surface area contributed by atoms with Gasteiger partial charge >= 0.3 is 0 Å². The fourth-order valence-electron chi connectivity index (χ4n) is 2.37. The monoisotopic (exact) mass is 293 g/mol. The average molecular weight is 294 g/mol. The van der Waals surface area contributed by atoms with Crippen LogP contribution in [0.3, 0.4) is 0 Å². The summed E-state index contributed by atoms with van der Waals surface area (Å²) in [4.78, 5) is -0.803. The molecule has 0 unspecified atom stereocenters. The lowest BCUT2D eigenvalue weighted by Crippen LogP contribution is -2.59. The third kappa shape index (κ3) is 1.60. The second kappa shape index (κ2) is 4.49. The van der Waals surface area contributed by atoms with Crippen LogP contribution in [-0.2, 0) is 11.8 Å². The van der Waals surface area contributed by atoms with Crippen molar-refractivity contribution in [2.45, 2.75) is 49.7 Å². The van der Waals surface area contributed by atoms with Crippen LogP contribution in [0, 0.1) is 5.89 Å². The molecule has 2 fully saturated rings. The van der Waals surface area contributed by atoms with Crippen LogP contribution in [0.25, 0.3) is 0 Å². The molecule has 0 amide bonds. The number of piperidine rings is 1. The zero-order valence-electron chi connectivity index (χ0n) is 32.4. The molecular formula is C18H25NO. The van der Waals surface area contributed by atoms with Crippen molar-refractivity contribution in [1.29, 1.82) is 0 Å². The van der Waals surface area contributed by atoms with E-state index >= 15 is 0 Å². The van der Waals surface area contributed by atoms with E-state index in [9.17, 15) is 2.74 Å². The number of likely N-dealkylation sites (tertiary alicyclic amines) is 1. The number of nitrogens with zero attached hydrogens (tertiary/aromatic N) is 1. The molecule has 4 rings (SSSR count). The number of fused-ring (bicyclic) bond motifs is 1. The Bertz CT molecular complexity index is 1380. The van der Waals surface area contributed by atoms with Crippen molar-refractivity contribution in [1.82, 2.24) is 4.90 Å². The molecule has 0 radical (unpaired) electrons. The molecule has 1 saturated heterocycles. The summed E-state index contributed by atoms with van der Waals surface area (Å²) in [6.45, 7) is -8.42. The molecule has 2 bridgehead atoms. The van der Waals surface area contributed by atoms with Crippen molar-refractivity contribution < 1.29 is 34.9 Å². The molecule has 0 spiro atoms. The predicted molar refractivity (Wildman–Crippen MR) is 81.4 cm³/mol. The maximum atomic E-state index is 9.57. The number of likely N-dealkylation sites (N-methyl/N-ethyl adjacent to an activating group) is 1. The summed E-state index contributed by atoms with van der Waals surface area (Å²) in [6, 6.07) is -8.24. The first-order chi connectivity index (χ1) is 18.3. The summed E-state index contributed by atoms with van der Waals surface area (Å²) in [7, 11) is 0.840. The second-order valence-electron chi connectivity index (χ2n) is 4.33. The van der Waals surface area contributed by atoms with Crippen molar-refractivity contribution in [2.75, 3.05) is 20.6 Å². The van der Waals surface area contributed by atoms with Gasteiger partial charge in [-0.1, -0.05) is 18.8 Å². The molecule has 0 aromatic heterocycles. The van der Waals surface area contributed by atoms with Crippen LogP contribution in [0.5, 0.6) is 5.75 Å². The Morgan fingerprint density at radius 3 is 3.30 bits per heavy atom. The molecule has 1 heterocycles.